The van der Waals surface area contributed by atoms with Crippen LogP contribution in [0.2, 0.25) is 5.04 Å². The van der Waals surface area contributed by atoms with E-state index in [1.807, 2.05) is 55.5 Å². The van der Waals surface area contributed by atoms with Gasteiger partial charge in [0.15, 0.2) is 0 Å². The molecule has 0 aliphatic carbocycles. The van der Waals surface area contributed by atoms with Gasteiger partial charge in [0.1, 0.15) is 5.60 Å². The fourth-order valence-electron chi connectivity index (χ4n) is 8.38. The molecule has 0 fully saturated rings. The Bertz CT molecular complexity index is 2350. The van der Waals surface area contributed by atoms with E-state index in [-0.39, 0.29) is 43.8 Å². The molecule has 0 saturated heterocycles. The third-order valence-electron chi connectivity index (χ3n) is 11.4. The summed E-state index contributed by atoms with van der Waals surface area (Å²) < 4.78 is 52.8. The number of aromatic nitrogens is 1. The summed E-state index contributed by atoms with van der Waals surface area (Å²) in [6, 6.07) is 33.6. The van der Waals surface area contributed by atoms with Crippen molar-refractivity contribution in [3.63, 3.8) is 0 Å². The van der Waals surface area contributed by atoms with Crippen LogP contribution in [0.1, 0.15) is 90.5 Å². The first-order valence-electron chi connectivity index (χ1n) is 21.2. The highest BCUT2D eigenvalue weighted by Gasteiger charge is 2.51. The van der Waals surface area contributed by atoms with Crippen molar-refractivity contribution in [2.24, 2.45) is 5.92 Å². The zero-order chi connectivity index (χ0) is 45.5. The number of hydrogen-bond acceptors (Lipinski definition) is 10. The Morgan fingerprint density at radius 2 is 1.39 bits per heavy atom. The normalized spacial score (nSPS) is 14.6. The van der Waals surface area contributed by atoms with Crippen LogP contribution < -0.4 is 10.4 Å². The van der Waals surface area contributed by atoms with Gasteiger partial charge in [0.05, 0.1) is 35.6 Å². The standard InChI is InChI=1S/C49H63NO10SSi/c1-10-49(54,34-58-61(55,56)37-27-25-35(2)26-28-37)32-36(33-59-62(48(6,7)8,38-19-13-11-14-20-38)39-21-15-12-16-22-39)31-42(45(52)57-9)44-41(29-30-51)40-23-17-18-24-43(40)50(44)46(53)60-47(3,4)5/h11-28,36,42,51,54H,10,29-34H2,1-9H3/t36-,42?,49+/m1/s1. The average Bonchev–Trinajstić information content (AvgIpc) is 3.55. The second kappa shape index (κ2) is 19.8. The number of rotatable bonds is 18. The minimum absolute atomic E-state index is 0.00452. The predicted octanol–water partition coefficient (Wildman–Crippen LogP) is 8.04. The molecule has 0 aliphatic rings. The highest BCUT2D eigenvalue weighted by molar-refractivity contribution is 7.86. The molecule has 0 aliphatic heterocycles. The number of ether oxygens (including phenoxy) is 2. The number of aryl methyl sites for hydroxylation is 1. The van der Waals surface area contributed by atoms with Gasteiger partial charge < -0.3 is 24.1 Å². The van der Waals surface area contributed by atoms with Crippen LogP contribution in [0.15, 0.2) is 114 Å². The van der Waals surface area contributed by atoms with Gasteiger partial charge in [-0.25, -0.2) is 9.36 Å². The quantitative estimate of drug-likeness (QED) is 0.0503. The molecule has 1 aromatic heterocycles. The molecule has 0 radical (unpaired) electrons. The number of aliphatic hydroxyl groups excluding tert-OH is 1. The maximum Gasteiger partial charge on any atom is 0.419 e. The van der Waals surface area contributed by atoms with Crippen molar-refractivity contribution in [2.45, 2.75) is 108 Å². The number of aliphatic hydroxyl groups is 2. The number of nitrogens with zero attached hydrogens (tertiary/aromatic N) is 1. The molecule has 0 bridgehead atoms. The smallest absolute Gasteiger partial charge is 0.419 e. The maximum atomic E-state index is 14.4. The molecule has 5 rings (SSSR count). The van der Waals surface area contributed by atoms with Crippen molar-refractivity contribution in [3.8, 4) is 0 Å². The number of benzene rings is 4. The molecular formula is C49H63NO10SSi. The van der Waals surface area contributed by atoms with Gasteiger partial charge in [0, 0.05) is 24.3 Å². The number of fused-ring (bicyclic) bond motifs is 1. The van der Waals surface area contributed by atoms with Gasteiger partial charge in [0.2, 0.25) is 0 Å². The number of carbonyl (C=O) groups excluding carboxylic acids is 2. The minimum atomic E-state index is -4.26. The van der Waals surface area contributed by atoms with Crippen molar-refractivity contribution in [2.75, 3.05) is 26.9 Å². The molecule has 62 heavy (non-hydrogen) atoms. The van der Waals surface area contributed by atoms with Gasteiger partial charge in [-0.05, 0) is 98.5 Å². The summed E-state index contributed by atoms with van der Waals surface area (Å²) in [6.45, 7) is 14.5. The molecule has 13 heteroatoms. The van der Waals surface area contributed by atoms with E-state index in [2.05, 4.69) is 45.0 Å². The number of hydrogen-bond donors (Lipinski definition) is 2. The summed E-state index contributed by atoms with van der Waals surface area (Å²) in [4.78, 5) is 28.6. The molecule has 334 valence electrons. The molecular weight excluding hydrogens is 823 g/mol. The van der Waals surface area contributed by atoms with E-state index in [1.165, 1.54) is 23.8 Å². The van der Waals surface area contributed by atoms with Crippen LogP contribution in [0.25, 0.3) is 10.9 Å². The number of para-hydroxylation sites is 1. The molecule has 4 aromatic carbocycles. The van der Waals surface area contributed by atoms with Crippen molar-refractivity contribution in [1.82, 2.24) is 4.57 Å². The number of esters is 1. The molecule has 2 N–H and O–H groups in total. The highest BCUT2D eigenvalue weighted by atomic mass is 32.2. The van der Waals surface area contributed by atoms with Crippen LogP contribution in [0, 0.1) is 12.8 Å². The van der Waals surface area contributed by atoms with Crippen molar-refractivity contribution >= 4 is 51.8 Å². The molecule has 1 heterocycles. The Morgan fingerprint density at radius 3 is 1.90 bits per heavy atom. The third kappa shape index (κ3) is 10.9. The number of methoxy groups -OCH3 is 1. The van der Waals surface area contributed by atoms with E-state index in [1.54, 1.807) is 52.0 Å². The summed E-state index contributed by atoms with van der Waals surface area (Å²) in [7, 11) is -6.18. The zero-order valence-corrected chi connectivity index (χ0v) is 39.3. The van der Waals surface area contributed by atoms with Gasteiger partial charge in [-0.2, -0.15) is 8.42 Å². The summed E-state index contributed by atoms with van der Waals surface area (Å²) >= 11 is 0. The fourth-order valence-corrected chi connectivity index (χ4v) is 14.0. The Hall–Kier alpha value is -4.63. The Morgan fingerprint density at radius 1 is 0.823 bits per heavy atom. The lowest BCUT2D eigenvalue weighted by Gasteiger charge is -2.44. The first-order chi connectivity index (χ1) is 29.2. The summed E-state index contributed by atoms with van der Waals surface area (Å²) in [6.07, 6.45) is -0.549. The monoisotopic (exact) mass is 885 g/mol. The Kier molecular flexibility index (Phi) is 15.5. The highest BCUT2D eigenvalue weighted by Crippen LogP contribution is 2.41. The molecule has 0 spiro atoms. The Balaban J connectivity index is 1.69. The van der Waals surface area contributed by atoms with Gasteiger partial charge >= 0.3 is 12.1 Å². The van der Waals surface area contributed by atoms with Crippen LogP contribution in [-0.2, 0) is 39.4 Å². The SMILES string of the molecule is CC[C@@](O)(COS(=O)(=O)c1ccc(C)cc1)C[C@H](CO[Si](c1ccccc1)(c1ccccc1)C(C)(C)C)CC(C(=O)OC)c1c(CCO)c2ccccc2n1C(=O)OC(C)(C)C. The van der Waals surface area contributed by atoms with E-state index < -0.39 is 65.2 Å². The lowest BCUT2D eigenvalue weighted by Crippen LogP contribution is -2.67. The first kappa shape index (κ1) is 48.4. The van der Waals surface area contributed by atoms with Crippen molar-refractivity contribution < 1.29 is 46.3 Å². The fraction of sp³-hybridized carbons (Fsp3) is 0.429. The third-order valence-corrected chi connectivity index (χ3v) is 17.7. The van der Waals surface area contributed by atoms with E-state index in [9.17, 15) is 28.2 Å². The largest absolute Gasteiger partial charge is 0.469 e. The van der Waals surface area contributed by atoms with Crippen molar-refractivity contribution in [3.05, 3.63) is 126 Å². The zero-order valence-electron chi connectivity index (χ0n) is 37.5. The molecule has 1 unspecified atom stereocenters. The maximum absolute atomic E-state index is 14.4. The molecule has 0 amide bonds. The molecule has 5 aromatic rings. The second-order valence-electron chi connectivity index (χ2n) is 18.1. The second-order valence-corrected chi connectivity index (χ2v) is 24.1. The van der Waals surface area contributed by atoms with E-state index in [0.29, 0.717) is 22.2 Å². The lowest BCUT2D eigenvalue weighted by molar-refractivity contribution is -0.143. The van der Waals surface area contributed by atoms with Crippen LogP contribution in [0.3, 0.4) is 0 Å². The summed E-state index contributed by atoms with van der Waals surface area (Å²) in [5.41, 5.74) is -0.353. The van der Waals surface area contributed by atoms with Crippen LogP contribution >= 0.6 is 0 Å². The topological polar surface area (TPSA) is 151 Å². The van der Waals surface area contributed by atoms with Crippen LogP contribution in [0.5, 0.6) is 0 Å². The van der Waals surface area contributed by atoms with Gasteiger partial charge in [-0.3, -0.25) is 8.98 Å². The molecule has 3 atom stereocenters. The van der Waals surface area contributed by atoms with Crippen molar-refractivity contribution in [1.29, 1.82) is 0 Å². The summed E-state index contributed by atoms with van der Waals surface area (Å²) in [5.74, 6) is -2.44. The Labute approximate surface area is 368 Å². The van der Waals surface area contributed by atoms with Gasteiger partial charge in [0.25, 0.3) is 18.4 Å². The minimum Gasteiger partial charge on any atom is -0.469 e. The molecule has 11 nitrogen and oxygen atoms in total. The summed E-state index contributed by atoms with van der Waals surface area (Å²) in [5, 5.41) is 25.1. The average molecular weight is 886 g/mol. The predicted molar refractivity (Wildman–Crippen MR) is 245 cm³/mol. The van der Waals surface area contributed by atoms with Crippen LogP contribution in [0.4, 0.5) is 4.79 Å². The van der Waals surface area contributed by atoms with E-state index in [4.69, 9.17) is 18.1 Å². The van der Waals surface area contributed by atoms with E-state index in [0.717, 1.165) is 15.9 Å². The van der Waals surface area contributed by atoms with Gasteiger partial charge in [-0.1, -0.05) is 124 Å². The lowest BCUT2D eigenvalue weighted by atomic mass is 9.82. The molecule has 0 saturated carbocycles. The number of carbonyl (C=O) groups is 2. The van der Waals surface area contributed by atoms with E-state index >= 15 is 0 Å². The van der Waals surface area contributed by atoms with Gasteiger partial charge in [-0.15, -0.1) is 0 Å². The first-order valence-corrected chi connectivity index (χ1v) is 24.5. The van der Waals surface area contributed by atoms with Crippen LogP contribution in [-0.4, -0.2) is 81.7 Å².